The van der Waals surface area contributed by atoms with Crippen molar-refractivity contribution >= 4 is 29.1 Å². The number of nitrogens with two attached hydrogens (primary N) is 1. The summed E-state index contributed by atoms with van der Waals surface area (Å²) in [6.45, 7) is 0.134. The molecule has 0 spiro atoms. The summed E-state index contributed by atoms with van der Waals surface area (Å²) in [4.78, 5) is 22.7. The Morgan fingerprint density at radius 2 is 2.00 bits per heavy atom. The van der Waals surface area contributed by atoms with Gasteiger partial charge >= 0.3 is 0 Å². The molecule has 0 bridgehead atoms. The van der Waals surface area contributed by atoms with Crippen molar-refractivity contribution in [1.82, 2.24) is 0 Å². The first-order chi connectivity index (χ1) is 10.1. The van der Waals surface area contributed by atoms with Gasteiger partial charge in [0.25, 0.3) is 5.91 Å². The van der Waals surface area contributed by atoms with Crippen LogP contribution < -0.4 is 15.8 Å². The Labute approximate surface area is 125 Å². The van der Waals surface area contributed by atoms with E-state index in [4.69, 9.17) is 26.5 Å². The number of furan rings is 1. The van der Waals surface area contributed by atoms with E-state index in [2.05, 4.69) is 5.32 Å². The molecule has 0 unspecified atom stereocenters. The number of amides is 2. The van der Waals surface area contributed by atoms with Crippen LogP contribution in [-0.4, -0.2) is 18.4 Å². The Morgan fingerprint density at radius 1 is 1.24 bits per heavy atom. The van der Waals surface area contributed by atoms with Gasteiger partial charge in [-0.1, -0.05) is 12.1 Å². The first kappa shape index (κ1) is 14.9. The molecule has 1 aromatic heterocycles. The van der Waals surface area contributed by atoms with Crippen LogP contribution in [0.2, 0.25) is 5.22 Å². The van der Waals surface area contributed by atoms with E-state index in [1.165, 1.54) is 12.1 Å². The summed E-state index contributed by atoms with van der Waals surface area (Å²) < 4.78 is 10.4. The minimum atomic E-state index is -0.457. The Kier molecular flexibility index (Phi) is 4.84. The molecule has 0 aliphatic rings. The van der Waals surface area contributed by atoms with E-state index < -0.39 is 11.8 Å². The van der Waals surface area contributed by atoms with Gasteiger partial charge in [0.2, 0.25) is 5.91 Å². The van der Waals surface area contributed by atoms with Gasteiger partial charge in [-0.3, -0.25) is 9.59 Å². The van der Waals surface area contributed by atoms with Crippen LogP contribution in [0.15, 0.2) is 40.8 Å². The zero-order valence-corrected chi connectivity index (χ0v) is 11.7. The summed E-state index contributed by atoms with van der Waals surface area (Å²) in [5, 5.41) is 2.78. The molecular weight excluding hydrogens is 296 g/mol. The largest absolute Gasteiger partial charge is 0.491 e. The molecule has 2 amide bonds. The van der Waals surface area contributed by atoms with Crippen molar-refractivity contribution in [3.63, 3.8) is 0 Å². The van der Waals surface area contributed by atoms with Crippen molar-refractivity contribution in [2.75, 3.05) is 11.9 Å². The summed E-state index contributed by atoms with van der Waals surface area (Å²) in [7, 11) is 0. The number of carbonyl (C=O) groups excluding carboxylic acids is 2. The lowest BCUT2D eigenvalue weighted by molar-refractivity contribution is -0.118. The number of rotatable bonds is 6. The molecule has 0 saturated heterocycles. The van der Waals surface area contributed by atoms with Crippen LogP contribution in [0.25, 0.3) is 0 Å². The highest BCUT2D eigenvalue weighted by atomic mass is 35.5. The molecule has 3 N–H and O–H groups in total. The molecule has 110 valence electrons. The summed E-state index contributed by atoms with van der Waals surface area (Å²) in [6.07, 6.45) is 0.0933. The lowest BCUT2D eigenvalue weighted by Crippen LogP contribution is -2.16. The van der Waals surface area contributed by atoms with Gasteiger partial charge in [-0.15, -0.1) is 0 Å². The van der Waals surface area contributed by atoms with Gasteiger partial charge in [-0.05, 0) is 35.9 Å². The van der Waals surface area contributed by atoms with Crippen molar-refractivity contribution in [3.05, 3.63) is 47.4 Å². The fourth-order valence-electron chi connectivity index (χ4n) is 1.58. The third-order valence-electron chi connectivity index (χ3n) is 2.54. The number of hydrogen-bond donors (Lipinski definition) is 2. The maximum absolute atomic E-state index is 12.0. The lowest BCUT2D eigenvalue weighted by atomic mass is 10.3. The van der Waals surface area contributed by atoms with Crippen molar-refractivity contribution in [2.45, 2.75) is 6.42 Å². The van der Waals surface area contributed by atoms with E-state index in [9.17, 15) is 9.59 Å². The van der Waals surface area contributed by atoms with Crippen LogP contribution in [0, 0.1) is 0 Å². The molecular formula is C14H13ClN2O4. The third kappa shape index (κ3) is 4.25. The molecule has 0 atom stereocenters. The maximum Gasteiger partial charge on any atom is 0.291 e. The standard InChI is InChI=1S/C14H13ClN2O4/c15-12-6-5-11(21-12)14(19)17-9-3-1-2-4-10(9)20-8-7-13(16)18/h1-6H,7-8H2,(H2,16,18)(H,17,19). The number of nitrogens with one attached hydrogen (secondary N) is 1. The predicted octanol–water partition coefficient (Wildman–Crippen LogP) is 2.44. The first-order valence-electron chi connectivity index (χ1n) is 6.13. The molecule has 2 rings (SSSR count). The van der Waals surface area contributed by atoms with Crippen molar-refractivity contribution < 1.29 is 18.7 Å². The fourth-order valence-corrected chi connectivity index (χ4v) is 1.72. The van der Waals surface area contributed by atoms with Gasteiger partial charge in [-0.25, -0.2) is 0 Å². The quantitative estimate of drug-likeness (QED) is 0.857. The van der Waals surface area contributed by atoms with E-state index >= 15 is 0 Å². The van der Waals surface area contributed by atoms with Crippen LogP contribution >= 0.6 is 11.6 Å². The van der Waals surface area contributed by atoms with Gasteiger partial charge in [0.1, 0.15) is 5.75 Å². The topological polar surface area (TPSA) is 94.6 Å². The number of hydrogen-bond acceptors (Lipinski definition) is 4. The maximum atomic E-state index is 12.0. The van der Waals surface area contributed by atoms with Crippen LogP contribution in [-0.2, 0) is 4.79 Å². The van der Waals surface area contributed by atoms with Crippen molar-refractivity contribution in [1.29, 1.82) is 0 Å². The van der Waals surface area contributed by atoms with Gasteiger partial charge in [0, 0.05) is 0 Å². The lowest BCUT2D eigenvalue weighted by Gasteiger charge is -2.11. The molecule has 21 heavy (non-hydrogen) atoms. The van der Waals surface area contributed by atoms with E-state index in [-0.39, 0.29) is 24.0 Å². The van der Waals surface area contributed by atoms with Gasteiger partial charge in [0.05, 0.1) is 18.7 Å². The smallest absolute Gasteiger partial charge is 0.291 e. The number of carbonyl (C=O) groups is 2. The Balaban J connectivity index is 2.05. The minimum absolute atomic E-state index is 0.0898. The molecule has 6 nitrogen and oxygen atoms in total. The van der Waals surface area contributed by atoms with Crippen LogP contribution in [0.5, 0.6) is 5.75 Å². The fraction of sp³-hybridized carbons (Fsp3) is 0.143. The summed E-state index contributed by atoms with van der Waals surface area (Å²) in [5.41, 5.74) is 5.50. The molecule has 0 aliphatic heterocycles. The average molecular weight is 309 g/mol. The van der Waals surface area contributed by atoms with Crippen molar-refractivity contribution in [2.24, 2.45) is 5.73 Å². The molecule has 2 aromatic rings. The highest BCUT2D eigenvalue weighted by molar-refractivity contribution is 6.29. The zero-order valence-electron chi connectivity index (χ0n) is 11.0. The molecule has 7 heteroatoms. The van der Waals surface area contributed by atoms with E-state index in [1.54, 1.807) is 24.3 Å². The van der Waals surface area contributed by atoms with Gasteiger partial charge in [-0.2, -0.15) is 0 Å². The van der Waals surface area contributed by atoms with E-state index in [0.29, 0.717) is 11.4 Å². The molecule has 1 heterocycles. The first-order valence-corrected chi connectivity index (χ1v) is 6.51. The molecule has 0 fully saturated rings. The number of ether oxygens (including phenoxy) is 1. The monoisotopic (exact) mass is 308 g/mol. The number of halogens is 1. The molecule has 1 aromatic carbocycles. The Bertz CT molecular complexity index is 654. The number of para-hydroxylation sites is 2. The van der Waals surface area contributed by atoms with Gasteiger partial charge < -0.3 is 20.2 Å². The SMILES string of the molecule is NC(=O)CCOc1ccccc1NC(=O)c1ccc(Cl)o1. The highest BCUT2D eigenvalue weighted by Crippen LogP contribution is 2.25. The summed E-state index contributed by atoms with van der Waals surface area (Å²) in [5.74, 6) is -0.383. The summed E-state index contributed by atoms with van der Waals surface area (Å²) >= 11 is 5.62. The van der Waals surface area contributed by atoms with Crippen molar-refractivity contribution in [3.8, 4) is 5.75 Å². The predicted molar refractivity (Wildman–Crippen MR) is 77.4 cm³/mol. The summed E-state index contributed by atoms with van der Waals surface area (Å²) in [6, 6.07) is 9.78. The number of benzene rings is 1. The van der Waals surface area contributed by atoms with Crippen LogP contribution in [0.3, 0.4) is 0 Å². The second-order valence-electron chi connectivity index (χ2n) is 4.12. The normalized spacial score (nSPS) is 10.1. The number of anilines is 1. The second kappa shape index (κ2) is 6.81. The second-order valence-corrected chi connectivity index (χ2v) is 4.49. The Morgan fingerprint density at radius 3 is 2.67 bits per heavy atom. The van der Waals surface area contributed by atoms with E-state index in [0.717, 1.165) is 0 Å². The number of primary amides is 1. The Hall–Kier alpha value is -2.47. The van der Waals surface area contributed by atoms with E-state index in [1.807, 2.05) is 0 Å². The molecule has 0 aliphatic carbocycles. The average Bonchev–Trinajstić information content (AvgIpc) is 2.87. The zero-order chi connectivity index (χ0) is 15.2. The van der Waals surface area contributed by atoms with Gasteiger partial charge in [0.15, 0.2) is 11.0 Å². The van der Waals surface area contributed by atoms with Crippen LogP contribution in [0.4, 0.5) is 5.69 Å². The minimum Gasteiger partial charge on any atom is -0.491 e. The highest BCUT2D eigenvalue weighted by Gasteiger charge is 2.13. The molecule has 0 saturated carbocycles. The molecule has 0 radical (unpaired) electrons. The van der Waals surface area contributed by atoms with Crippen LogP contribution in [0.1, 0.15) is 17.0 Å². The third-order valence-corrected chi connectivity index (χ3v) is 2.74.